The molecule has 4 amide bonds. The zero-order valence-corrected chi connectivity index (χ0v) is 17.1. The van der Waals surface area contributed by atoms with Crippen LogP contribution in [0.4, 0.5) is 13.6 Å². The van der Waals surface area contributed by atoms with Crippen molar-refractivity contribution in [3.05, 3.63) is 0 Å². The van der Waals surface area contributed by atoms with E-state index in [1.807, 2.05) is 12.2 Å². The summed E-state index contributed by atoms with van der Waals surface area (Å²) in [5.41, 5.74) is 0. The van der Waals surface area contributed by atoms with Gasteiger partial charge in [-0.3, -0.25) is 19.1 Å². The molecular formula is C17H26F2N4O5S. The lowest BCUT2D eigenvalue weighted by atomic mass is 10.0. The lowest BCUT2D eigenvalue weighted by Crippen LogP contribution is -2.56. The van der Waals surface area contributed by atoms with Gasteiger partial charge < -0.3 is 20.6 Å². The summed E-state index contributed by atoms with van der Waals surface area (Å²) in [4.78, 5) is 49.1. The maximum atomic E-state index is 13.3. The van der Waals surface area contributed by atoms with Gasteiger partial charge in [0, 0.05) is 17.2 Å². The van der Waals surface area contributed by atoms with Gasteiger partial charge in [0.15, 0.2) is 0 Å². The van der Waals surface area contributed by atoms with Crippen LogP contribution in [0.3, 0.4) is 0 Å². The molecule has 164 valence electrons. The number of carbonyl (C=O) groups excluding carboxylic acids is 3. The van der Waals surface area contributed by atoms with Crippen molar-refractivity contribution < 1.29 is 33.1 Å². The van der Waals surface area contributed by atoms with Gasteiger partial charge in [0.2, 0.25) is 18.2 Å². The third kappa shape index (κ3) is 6.44. The molecule has 2 fully saturated rings. The highest BCUT2D eigenvalue weighted by Crippen LogP contribution is 2.46. The van der Waals surface area contributed by atoms with Gasteiger partial charge in [-0.05, 0) is 44.6 Å². The van der Waals surface area contributed by atoms with Crippen molar-refractivity contribution in [2.24, 2.45) is 5.92 Å². The number of nitrogens with one attached hydrogen (secondary N) is 3. The van der Waals surface area contributed by atoms with Crippen LogP contribution in [0.15, 0.2) is 0 Å². The Morgan fingerprint density at radius 3 is 2.48 bits per heavy atom. The maximum Gasteiger partial charge on any atom is 0.405 e. The molecule has 0 aromatic carbocycles. The largest absolute Gasteiger partial charge is 0.465 e. The van der Waals surface area contributed by atoms with E-state index in [-0.39, 0.29) is 11.3 Å². The number of hydrogen-bond acceptors (Lipinski definition) is 5. The van der Waals surface area contributed by atoms with Crippen LogP contribution in [0.5, 0.6) is 0 Å². The number of likely N-dealkylation sites (tertiary alicyclic amines) is 1. The second-order valence-corrected chi connectivity index (χ2v) is 9.00. The molecule has 0 bridgehead atoms. The van der Waals surface area contributed by atoms with Gasteiger partial charge in [-0.2, -0.15) is 0 Å². The quantitative estimate of drug-likeness (QED) is 0.399. The van der Waals surface area contributed by atoms with E-state index in [4.69, 9.17) is 5.11 Å². The fourth-order valence-corrected chi connectivity index (χ4v) is 3.72. The summed E-state index contributed by atoms with van der Waals surface area (Å²) in [7, 11) is 0. The molecule has 0 aromatic heterocycles. The average molecular weight is 436 g/mol. The van der Waals surface area contributed by atoms with Crippen molar-refractivity contribution in [1.29, 1.82) is 0 Å². The minimum Gasteiger partial charge on any atom is -0.465 e. The SMILES string of the molecule is C[C@@H](C(F)F)C(NC(=O)C1CCCN1C(=O)CNC(=O)O)C(=O)NSC1(C)CC1. The monoisotopic (exact) mass is 436 g/mol. The van der Waals surface area contributed by atoms with E-state index in [1.165, 1.54) is 11.8 Å². The normalized spacial score (nSPS) is 22.0. The van der Waals surface area contributed by atoms with Crippen molar-refractivity contribution >= 4 is 35.8 Å². The van der Waals surface area contributed by atoms with Gasteiger partial charge >= 0.3 is 6.09 Å². The molecule has 0 spiro atoms. The fraction of sp³-hybridized carbons (Fsp3) is 0.765. The summed E-state index contributed by atoms with van der Waals surface area (Å²) in [5, 5.41) is 12.9. The molecule has 2 unspecified atom stereocenters. The van der Waals surface area contributed by atoms with E-state index in [0.717, 1.165) is 24.8 Å². The number of hydrogen-bond donors (Lipinski definition) is 4. The summed E-state index contributed by atoms with van der Waals surface area (Å²) in [5.74, 6) is -3.44. The predicted molar refractivity (Wildman–Crippen MR) is 101 cm³/mol. The Balaban J connectivity index is 2.02. The van der Waals surface area contributed by atoms with Crippen molar-refractivity contribution in [2.45, 2.75) is 62.8 Å². The van der Waals surface area contributed by atoms with Crippen LogP contribution in [0.1, 0.15) is 39.5 Å². The molecule has 1 heterocycles. The molecule has 3 atom stereocenters. The Kier molecular flexibility index (Phi) is 7.66. The van der Waals surface area contributed by atoms with Gasteiger partial charge in [0.1, 0.15) is 18.6 Å². The Morgan fingerprint density at radius 1 is 1.28 bits per heavy atom. The molecular weight excluding hydrogens is 410 g/mol. The number of nitrogens with zero attached hydrogens (tertiary/aromatic N) is 1. The van der Waals surface area contributed by atoms with Crippen molar-refractivity contribution in [3.8, 4) is 0 Å². The van der Waals surface area contributed by atoms with Gasteiger partial charge in [-0.25, -0.2) is 13.6 Å². The topological polar surface area (TPSA) is 128 Å². The number of amides is 4. The molecule has 2 aliphatic rings. The Hall–Kier alpha value is -2.11. The number of carboxylic acid groups (broad SMARTS) is 1. The third-order valence-corrected chi connectivity index (χ3v) is 6.33. The maximum absolute atomic E-state index is 13.3. The Bertz CT molecular complexity index is 662. The second kappa shape index (κ2) is 9.59. The number of rotatable bonds is 9. The van der Waals surface area contributed by atoms with E-state index < -0.39 is 54.8 Å². The molecule has 9 nitrogen and oxygen atoms in total. The fourth-order valence-electron chi connectivity index (χ4n) is 2.94. The van der Waals surface area contributed by atoms with Gasteiger partial charge in [0.05, 0.1) is 0 Å². The Labute approximate surface area is 171 Å². The van der Waals surface area contributed by atoms with Gasteiger partial charge in [-0.1, -0.05) is 6.92 Å². The highest BCUT2D eigenvalue weighted by molar-refractivity contribution is 7.99. The van der Waals surface area contributed by atoms with Crippen molar-refractivity contribution in [1.82, 2.24) is 20.3 Å². The molecule has 29 heavy (non-hydrogen) atoms. The van der Waals surface area contributed by atoms with Crippen LogP contribution in [-0.2, 0) is 14.4 Å². The van der Waals surface area contributed by atoms with Crippen LogP contribution in [0.25, 0.3) is 0 Å². The van der Waals surface area contributed by atoms with Crippen LogP contribution in [-0.4, -0.2) is 70.2 Å². The number of alkyl halides is 2. The smallest absolute Gasteiger partial charge is 0.405 e. The minimum atomic E-state index is -2.83. The third-order valence-electron chi connectivity index (χ3n) is 5.12. The first kappa shape index (κ1) is 23.2. The molecule has 1 aliphatic heterocycles. The molecule has 12 heteroatoms. The first-order valence-corrected chi connectivity index (χ1v) is 10.2. The zero-order valence-electron chi connectivity index (χ0n) is 16.2. The first-order chi connectivity index (χ1) is 13.5. The summed E-state index contributed by atoms with van der Waals surface area (Å²) in [6.07, 6.45) is -1.58. The Morgan fingerprint density at radius 2 is 1.93 bits per heavy atom. The van der Waals surface area contributed by atoms with Crippen LogP contribution in [0.2, 0.25) is 0 Å². The van der Waals surface area contributed by atoms with Crippen molar-refractivity contribution in [3.63, 3.8) is 0 Å². The van der Waals surface area contributed by atoms with E-state index in [1.54, 1.807) is 0 Å². The van der Waals surface area contributed by atoms with E-state index in [9.17, 15) is 28.0 Å². The van der Waals surface area contributed by atoms with E-state index in [0.29, 0.717) is 12.8 Å². The first-order valence-electron chi connectivity index (χ1n) is 9.37. The molecule has 1 aliphatic carbocycles. The number of carbonyl (C=O) groups is 4. The van der Waals surface area contributed by atoms with E-state index in [2.05, 4.69) is 10.0 Å². The van der Waals surface area contributed by atoms with Crippen molar-refractivity contribution in [2.75, 3.05) is 13.1 Å². The molecule has 1 saturated carbocycles. The highest BCUT2D eigenvalue weighted by atomic mass is 32.2. The molecule has 2 rings (SSSR count). The van der Waals surface area contributed by atoms with Gasteiger partial charge in [0.25, 0.3) is 5.91 Å². The summed E-state index contributed by atoms with van der Waals surface area (Å²) >= 11 is 1.16. The summed E-state index contributed by atoms with van der Waals surface area (Å²) in [6.45, 7) is 2.86. The van der Waals surface area contributed by atoms with Crippen LogP contribution >= 0.6 is 11.9 Å². The molecule has 1 saturated heterocycles. The lowest BCUT2D eigenvalue weighted by molar-refractivity contribution is -0.139. The lowest BCUT2D eigenvalue weighted by Gasteiger charge is -2.28. The second-order valence-electron chi connectivity index (χ2n) is 7.60. The molecule has 0 radical (unpaired) electrons. The average Bonchev–Trinajstić information content (AvgIpc) is 3.19. The number of halogens is 2. The zero-order chi connectivity index (χ0) is 21.8. The summed E-state index contributed by atoms with van der Waals surface area (Å²) in [6, 6.07) is -2.39. The van der Waals surface area contributed by atoms with E-state index >= 15 is 0 Å². The minimum absolute atomic E-state index is 0.107. The van der Waals surface area contributed by atoms with Gasteiger partial charge in [-0.15, -0.1) is 0 Å². The summed E-state index contributed by atoms with van der Waals surface area (Å²) < 4.78 is 29.0. The highest BCUT2D eigenvalue weighted by Gasteiger charge is 2.42. The standard InChI is InChI=1S/C17H26F2N4O5S/c1-9(13(18)19)12(15(26)22-29-17(2)5-6-17)21-14(25)10-4-3-7-23(10)11(24)8-20-16(27)28/h9-10,12-13,20H,3-8H2,1-2H3,(H,21,25)(H,22,26)(H,27,28)/t9-,10?,12?/m1/s1. The predicted octanol–water partition coefficient (Wildman–Crippen LogP) is 0.948. The van der Waals surface area contributed by atoms with Crippen LogP contribution in [0, 0.1) is 5.92 Å². The molecule has 4 N–H and O–H groups in total. The van der Waals surface area contributed by atoms with Crippen LogP contribution < -0.4 is 15.4 Å². The molecule has 0 aromatic rings.